The summed E-state index contributed by atoms with van der Waals surface area (Å²) in [5.41, 5.74) is 3.44. The number of rotatable bonds is 8. The first-order valence-electron chi connectivity index (χ1n) is 14.1. The monoisotopic (exact) mass is 661 g/mol. The van der Waals surface area contributed by atoms with Crippen molar-refractivity contribution in [1.29, 1.82) is 0 Å². The Hall–Kier alpha value is -2.89. The Balaban J connectivity index is 1.80. The molecule has 0 bridgehead atoms. The minimum Gasteiger partial charge on any atom is -0.493 e. The van der Waals surface area contributed by atoms with Gasteiger partial charge in [-0.25, -0.2) is 9.78 Å². The molecular weight excluding hydrogens is 621 g/mol. The van der Waals surface area contributed by atoms with Crippen molar-refractivity contribution in [2.75, 3.05) is 25.0 Å². The number of likely N-dealkylation sites (tertiary alicyclic amines) is 1. The normalized spacial score (nSPS) is 16.1. The van der Waals surface area contributed by atoms with Gasteiger partial charge in [-0.2, -0.15) is 0 Å². The van der Waals surface area contributed by atoms with Crippen molar-refractivity contribution < 1.29 is 19.1 Å². The van der Waals surface area contributed by atoms with Crippen LogP contribution in [0.3, 0.4) is 0 Å². The summed E-state index contributed by atoms with van der Waals surface area (Å²) >= 11 is 2.36. The summed E-state index contributed by atoms with van der Waals surface area (Å²) in [7, 11) is 0. The van der Waals surface area contributed by atoms with Crippen molar-refractivity contribution in [3.63, 3.8) is 0 Å². The Morgan fingerprint density at radius 3 is 2.70 bits per heavy atom. The molecule has 0 radical (unpaired) electrons. The Labute approximate surface area is 250 Å². The van der Waals surface area contributed by atoms with Gasteiger partial charge < -0.3 is 18.9 Å². The molecule has 0 unspecified atom stereocenters. The van der Waals surface area contributed by atoms with Crippen LogP contribution in [-0.2, 0) is 9.16 Å². The fourth-order valence-electron chi connectivity index (χ4n) is 4.96. The van der Waals surface area contributed by atoms with Crippen LogP contribution in [0, 0.1) is 6.92 Å². The van der Waals surface area contributed by atoms with E-state index in [-0.39, 0.29) is 18.0 Å². The number of pyridine rings is 1. The number of nitrogens with zero attached hydrogens (tertiary/aromatic N) is 4. The number of hydrogen-bond acceptors (Lipinski definition) is 6. The Kier molecular flexibility index (Phi) is 9.91. The number of aromatic nitrogens is 3. The van der Waals surface area contributed by atoms with Crippen LogP contribution in [0.4, 0.5) is 10.7 Å². The molecule has 9 nitrogen and oxygen atoms in total. The molecule has 3 heterocycles. The fourth-order valence-corrected chi connectivity index (χ4v) is 5.69. The van der Waals surface area contributed by atoms with E-state index in [4.69, 9.17) is 14.5 Å². The van der Waals surface area contributed by atoms with E-state index in [0.29, 0.717) is 35.6 Å². The molecule has 1 aliphatic heterocycles. The van der Waals surface area contributed by atoms with Crippen LogP contribution >= 0.6 is 22.6 Å². The molecule has 0 saturated carbocycles. The van der Waals surface area contributed by atoms with E-state index in [1.807, 2.05) is 39.8 Å². The summed E-state index contributed by atoms with van der Waals surface area (Å²) < 4.78 is 14.8. The average molecular weight is 662 g/mol. The molecule has 40 heavy (non-hydrogen) atoms. The molecule has 1 N–H and O–H groups in total. The Morgan fingerprint density at radius 1 is 1.20 bits per heavy atom. The zero-order valence-corrected chi connectivity index (χ0v) is 26.3. The van der Waals surface area contributed by atoms with Crippen LogP contribution < -0.4 is 10.1 Å². The zero-order chi connectivity index (χ0) is 28.9. The maximum atomic E-state index is 13.4. The number of unbranched alkanes of at least 4 members (excludes halogenated alkanes) is 1. The van der Waals surface area contributed by atoms with Gasteiger partial charge in [-0.05, 0) is 77.6 Å². The number of carbonyl (C=O) groups excluding carboxylic acids is 2. The third-order valence-electron chi connectivity index (χ3n) is 6.85. The number of aryl methyl sites for hydroxylation is 1. The standard InChI is InChI=1S/C30H40IN5O4/c1-6-7-16-39-25-12-11-24-26(23(25)18-31)36(28(33-24)34-27(37)21-13-14-32-20(2)17-21)22-10-8-9-15-35(19-22)29(38)40-30(3,4)5/h11-14,17,22H,6-10,15-16,18-19H2,1-5H3,(H,33,34,37)/t22-/m1/s1. The second-order valence-corrected chi connectivity index (χ2v) is 12.0. The smallest absolute Gasteiger partial charge is 0.410 e. The van der Waals surface area contributed by atoms with Gasteiger partial charge in [-0.15, -0.1) is 0 Å². The molecule has 1 aliphatic rings. The summed E-state index contributed by atoms with van der Waals surface area (Å²) in [6.07, 6.45) is 5.98. The van der Waals surface area contributed by atoms with E-state index in [1.54, 1.807) is 23.2 Å². The molecule has 10 heteroatoms. The van der Waals surface area contributed by atoms with Gasteiger partial charge in [0.25, 0.3) is 5.91 Å². The van der Waals surface area contributed by atoms with Gasteiger partial charge >= 0.3 is 6.09 Å². The lowest BCUT2D eigenvalue weighted by Crippen LogP contribution is -2.39. The maximum Gasteiger partial charge on any atom is 0.410 e. The molecule has 1 atom stereocenters. The van der Waals surface area contributed by atoms with E-state index in [9.17, 15) is 9.59 Å². The topological polar surface area (TPSA) is 98.6 Å². The molecule has 2 aromatic heterocycles. The van der Waals surface area contributed by atoms with Gasteiger partial charge in [0, 0.05) is 40.5 Å². The maximum absolute atomic E-state index is 13.4. The number of carbonyl (C=O) groups is 2. The van der Waals surface area contributed by atoms with Crippen molar-refractivity contribution in [2.24, 2.45) is 0 Å². The van der Waals surface area contributed by atoms with Crippen molar-refractivity contribution in [2.45, 2.75) is 82.8 Å². The molecular formula is C30H40IN5O4. The largest absolute Gasteiger partial charge is 0.493 e. The summed E-state index contributed by atoms with van der Waals surface area (Å²) in [5.74, 6) is 1.04. The van der Waals surface area contributed by atoms with Gasteiger partial charge in [0.2, 0.25) is 5.95 Å². The number of nitrogens with one attached hydrogen (secondary N) is 1. The quantitative estimate of drug-likeness (QED) is 0.158. The van der Waals surface area contributed by atoms with Gasteiger partial charge in [0.15, 0.2) is 0 Å². The summed E-state index contributed by atoms with van der Waals surface area (Å²) in [6.45, 7) is 11.4. The SMILES string of the molecule is CCCCOc1ccc2nc(NC(=O)c3ccnc(C)c3)n([C@@H]3CCCCN(C(=O)OC(C)(C)C)C3)c2c1CI. The number of fused-ring (bicyclic) bond motifs is 1. The molecule has 0 spiro atoms. The lowest BCUT2D eigenvalue weighted by molar-refractivity contribution is 0.0238. The van der Waals surface area contributed by atoms with Gasteiger partial charge in [-0.1, -0.05) is 35.9 Å². The highest BCUT2D eigenvalue weighted by Gasteiger charge is 2.31. The van der Waals surface area contributed by atoms with Crippen molar-refractivity contribution in [3.8, 4) is 5.75 Å². The number of imidazole rings is 1. The second kappa shape index (κ2) is 13.2. The van der Waals surface area contributed by atoms with Crippen LogP contribution in [0.5, 0.6) is 5.75 Å². The number of halogens is 1. The van der Waals surface area contributed by atoms with Crippen LogP contribution in [0.2, 0.25) is 0 Å². The number of ether oxygens (including phenoxy) is 2. The van der Waals surface area contributed by atoms with Gasteiger partial charge in [0.05, 0.1) is 23.7 Å². The molecule has 3 aromatic rings. The third-order valence-corrected chi connectivity index (χ3v) is 7.61. The highest BCUT2D eigenvalue weighted by molar-refractivity contribution is 14.1. The van der Waals surface area contributed by atoms with E-state index in [1.165, 1.54) is 0 Å². The number of amides is 2. The number of hydrogen-bond donors (Lipinski definition) is 1. The van der Waals surface area contributed by atoms with E-state index < -0.39 is 5.60 Å². The van der Waals surface area contributed by atoms with E-state index >= 15 is 0 Å². The predicted molar refractivity (Wildman–Crippen MR) is 165 cm³/mol. The van der Waals surface area contributed by atoms with E-state index in [2.05, 4.69) is 44.4 Å². The Morgan fingerprint density at radius 2 is 2.00 bits per heavy atom. The number of benzene rings is 1. The van der Waals surface area contributed by atoms with E-state index in [0.717, 1.165) is 60.1 Å². The van der Waals surface area contributed by atoms with Crippen LogP contribution in [0.15, 0.2) is 30.5 Å². The molecule has 4 rings (SSSR count). The van der Waals surface area contributed by atoms with Crippen molar-refractivity contribution in [1.82, 2.24) is 19.4 Å². The lowest BCUT2D eigenvalue weighted by atomic mass is 10.1. The molecule has 2 amide bonds. The fraction of sp³-hybridized carbons (Fsp3) is 0.533. The lowest BCUT2D eigenvalue weighted by Gasteiger charge is -2.29. The highest BCUT2D eigenvalue weighted by atomic mass is 127. The van der Waals surface area contributed by atoms with Crippen LogP contribution in [-0.4, -0.2) is 56.7 Å². The summed E-state index contributed by atoms with van der Waals surface area (Å²) in [4.78, 5) is 37.4. The average Bonchev–Trinajstić information content (AvgIpc) is 3.08. The molecule has 216 valence electrons. The molecule has 1 saturated heterocycles. The van der Waals surface area contributed by atoms with Crippen molar-refractivity contribution in [3.05, 3.63) is 47.3 Å². The first-order valence-corrected chi connectivity index (χ1v) is 15.6. The molecule has 0 aliphatic carbocycles. The molecule has 1 aromatic carbocycles. The zero-order valence-electron chi connectivity index (χ0n) is 24.1. The first kappa shape index (κ1) is 30.1. The molecule has 1 fully saturated rings. The van der Waals surface area contributed by atoms with Crippen LogP contribution in [0.25, 0.3) is 11.0 Å². The third kappa shape index (κ3) is 7.24. The summed E-state index contributed by atoms with van der Waals surface area (Å²) in [5, 5.41) is 3.07. The first-order chi connectivity index (χ1) is 19.1. The highest BCUT2D eigenvalue weighted by Crippen LogP contribution is 2.37. The minimum atomic E-state index is -0.582. The van der Waals surface area contributed by atoms with Crippen LogP contribution in [0.1, 0.15) is 87.5 Å². The van der Waals surface area contributed by atoms with Gasteiger partial charge in [0.1, 0.15) is 11.4 Å². The Bertz CT molecular complexity index is 1350. The predicted octanol–water partition coefficient (Wildman–Crippen LogP) is 7.07. The minimum absolute atomic E-state index is 0.109. The van der Waals surface area contributed by atoms with Crippen molar-refractivity contribution >= 4 is 51.6 Å². The number of anilines is 1. The number of alkyl halides is 1. The van der Waals surface area contributed by atoms with Gasteiger partial charge in [-0.3, -0.25) is 15.1 Å². The second-order valence-electron chi connectivity index (χ2n) is 11.3. The summed E-state index contributed by atoms with van der Waals surface area (Å²) in [6, 6.07) is 7.27.